The highest BCUT2D eigenvalue weighted by atomic mass is 32.2. The van der Waals surface area contributed by atoms with Crippen molar-refractivity contribution in [2.24, 2.45) is 0 Å². The van der Waals surface area contributed by atoms with E-state index in [1.165, 1.54) is 10.6 Å². The Kier molecular flexibility index (Phi) is 5.33. The van der Waals surface area contributed by atoms with Gasteiger partial charge in [-0.1, -0.05) is 0 Å². The fourth-order valence-corrected chi connectivity index (χ4v) is 3.91. The molecule has 9 heteroatoms. The molecular weight excluding hydrogens is 332 g/mol. The average Bonchev–Trinajstić information content (AvgIpc) is 3.09. The summed E-state index contributed by atoms with van der Waals surface area (Å²) in [4.78, 5) is 11.3. The zero-order valence-corrected chi connectivity index (χ0v) is 15.0. The third-order valence-electron chi connectivity index (χ3n) is 4.43. The quantitative estimate of drug-likeness (QED) is 0.745. The van der Waals surface area contributed by atoms with Gasteiger partial charge in [-0.15, -0.1) is 0 Å². The lowest BCUT2D eigenvalue weighted by Gasteiger charge is -2.34. The summed E-state index contributed by atoms with van der Waals surface area (Å²) < 4.78 is 35.5. The lowest BCUT2D eigenvalue weighted by Crippen LogP contribution is -2.48. The molecule has 24 heavy (non-hydrogen) atoms. The molecule has 2 fully saturated rings. The minimum absolute atomic E-state index is 0.291. The Morgan fingerprint density at radius 1 is 1.29 bits per heavy atom. The van der Waals surface area contributed by atoms with E-state index in [4.69, 9.17) is 9.47 Å². The lowest BCUT2D eigenvalue weighted by atomic mass is 10.0. The minimum atomic E-state index is -3.13. The maximum Gasteiger partial charge on any atom is 0.211 e. The molecule has 3 heterocycles. The number of ether oxygens (including phenoxy) is 2. The molecule has 2 saturated heterocycles. The summed E-state index contributed by atoms with van der Waals surface area (Å²) in [6.45, 7) is 4.00. The Hall–Kier alpha value is -1.29. The van der Waals surface area contributed by atoms with Crippen LogP contribution in [0.15, 0.2) is 6.07 Å². The van der Waals surface area contributed by atoms with Crippen molar-refractivity contribution in [3.63, 3.8) is 0 Å². The van der Waals surface area contributed by atoms with Crippen LogP contribution in [0.1, 0.15) is 23.9 Å². The molecule has 0 spiro atoms. The number of hydrogen-bond acceptors (Lipinski definition) is 7. The van der Waals surface area contributed by atoms with Crippen molar-refractivity contribution in [1.29, 1.82) is 0 Å². The molecule has 3 rings (SSSR count). The number of nitrogens with zero attached hydrogens (tertiary/aromatic N) is 4. The third-order valence-corrected chi connectivity index (χ3v) is 5.73. The van der Waals surface area contributed by atoms with Gasteiger partial charge in [-0.25, -0.2) is 18.4 Å². The Morgan fingerprint density at radius 3 is 2.62 bits per heavy atom. The fraction of sp³-hybridized carbons (Fsp3) is 0.733. The van der Waals surface area contributed by atoms with E-state index in [0.717, 1.165) is 24.5 Å². The first-order valence-corrected chi connectivity index (χ1v) is 9.97. The summed E-state index contributed by atoms with van der Waals surface area (Å²) >= 11 is 0. The zero-order valence-electron chi connectivity index (χ0n) is 14.1. The molecule has 2 aliphatic rings. The predicted octanol–water partition coefficient (Wildman–Crippen LogP) is 0.209. The zero-order chi connectivity index (χ0) is 17.2. The first-order valence-electron chi connectivity index (χ1n) is 8.12. The molecule has 0 radical (unpaired) electrons. The van der Waals surface area contributed by atoms with Crippen molar-refractivity contribution in [3.8, 4) is 0 Å². The monoisotopic (exact) mass is 356 g/mol. The van der Waals surface area contributed by atoms with Crippen LogP contribution in [0.3, 0.4) is 0 Å². The molecule has 0 aliphatic carbocycles. The fourth-order valence-electron chi connectivity index (χ4n) is 3.08. The summed E-state index contributed by atoms with van der Waals surface area (Å²) in [6.07, 6.45) is 2.22. The van der Waals surface area contributed by atoms with Crippen molar-refractivity contribution in [2.45, 2.75) is 18.9 Å². The second kappa shape index (κ2) is 7.30. The largest absolute Gasteiger partial charge is 0.381 e. The number of aromatic nitrogens is 2. The molecule has 1 atom stereocenters. The number of rotatable bonds is 5. The van der Waals surface area contributed by atoms with E-state index in [1.54, 1.807) is 7.11 Å². The number of methoxy groups -OCH3 is 1. The summed E-state index contributed by atoms with van der Waals surface area (Å²) in [5, 5.41) is 0. The molecule has 1 unspecified atom stereocenters. The Morgan fingerprint density at radius 2 is 2.04 bits per heavy atom. The molecule has 134 valence electrons. The summed E-state index contributed by atoms with van der Waals surface area (Å²) in [5.74, 6) is 1.79. The van der Waals surface area contributed by atoms with Gasteiger partial charge >= 0.3 is 0 Å². The van der Waals surface area contributed by atoms with Gasteiger partial charge in [0.05, 0.1) is 18.6 Å². The van der Waals surface area contributed by atoms with Gasteiger partial charge in [-0.2, -0.15) is 4.31 Å². The third kappa shape index (κ3) is 4.02. The van der Waals surface area contributed by atoms with E-state index in [1.807, 2.05) is 6.07 Å². The van der Waals surface area contributed by atoms with Gasteiger partial charge in [-0.3, -0.25) is 0 Å². The van der Waals surface area contributed by atoms with Crippen molar-refractivity contribution in [1.82, 2.24) is 14.3 Å². The standard InChI is InChI=1S/C15H24N4O4S/c1-22-11-14-16-13(12-3-8-23-10-12)9-15(17-14)18-4-6-19(7-5-18)24(2,20)21/h9,12H,3-8,10-11H2,1-2H3. The van der Waals surface area contributed by atoms with Crippen LogP contribution in [-0.4, -0.2) is 75.4 Å². The first-order chi connectivity index (χ1) is 11.5. The van der Waals surface area contributed by atoms with Crippen LogP contribution in [0.2, 0.25) is 0 Å². The van der Waals surface area contributed by atoms with Crippen molar-refractivity contribution in [3.05, 3.63) is 17.6 Å². The van der Waals surface area contributed by atoms with E-state index in [-0.39, 0.29) is 0 Å². The number of piperazine rings is 1. The van der Waals surface area contributed by atoms with E-state index in [2.05, 4.69) is 14.9 Å². The molecule has 0 amide bonds. The highest BCUT2D eigenvalue weighted by molar-refractivity contribution is 7.88. The SMILES string of the molecule is COCc1nc(C2CCOC2)cc(N2CCN(S(C)(=O)=O)CC2)n1. The molecule has 0 N–H and O–H groups in total. The maximum atomic E-state index is 11.6. The second-order valence-corrected chi connectivity index (χ2v) is 8.19. The molecule has 1 aromatic rings. The van der Waals surface area contributed by atoms with Gasteiger partial charge in [0, 0.05) is 51.9 Å². The summed E-state index contributed by atoms with van der Waals surface area (Å²) in [6, 6.07) is 2.01. The number of sulfonamides is 1. The highest BCUT2D eigenvalue weighted by Crippen LogP contribution is 2.27. The topological polar surface area (TPSA) is 84.9 Å². The normalized spacial score (nSPS) is 22.9. The minimum Gasteiger partial charge on any atom is -0.381 e. The molecule has 0 bridgehead atoms. The van der Waals surface area contributed by atoms with Gasteiger partial charge in [0.15, 0.2) is 5.82 Å². The van der Waals surface area contributed by atoms with Crippen molar-refractivity contribution in [2.75, 3.05) is 57.7 Å². The Labute approximate surface area is 142 Å². The Balaban J connectivity index is 1.79. The van der Waals surface area contributed by atoms with E-state index < -0.39 is 10.0 Å². The van der Waals surface area contributed by atoms with Crippen LogP contribution in [-0.2, 0) is 26.1 Å². The smallest absolute Gasteiger partial charge is 0.211 e. The van der Waals surface area contributed by atoms with E-state index >= 15 is 0 Å². The Bertz CT molecular complexity index is 668. The van der Waals surface area contributed by atoms with Crippen LogP contribution in [0, 0.1) is 0 Å². The molecule has 0 saturated carbocycles. The first kappa shape index (κ1) is 17.5. The van der Waals surface area contributed by atoms with Gasteiger partial charge < -0.3 is 14.4 Å². The molecule has 0 aromatic carbocycles. The van der Waals surface area contributed by atoms with Gasteiger partial charge in [0.2, 0.25) is 10.0 Å². The molecular formula is C15H24N4O4S. The number of hydrogen-bond donors (Lipinski definition) is 0. The van der Waals surface area contributed by atoms with Crippen molar-refractivity contribution >= 4 is 15.8 Å². The van der Waals surface area contributed by atoms with Crippen LogP contribution in [0.4, 0.5) is 5.82 Å². The number of anilines is 1. The van der Waals surface area contributed by atoms with Gasteiger partial charge in [-0.05, 0) is 6.42 Å². The van der Waals surface area contributed by atoms with Gasteiger partial charge in [0.25, 0.3) is 0 Å². The van der Waals surface area contributed by atoms with Crippen LogP contribution in [0.25, 0.3) is 0 Å². The van der Waals surface area contributed by atoms with Crippen molar-refractivity contribution < 1.29 is 17.9 Å². The molecule has 1 aromatic heterocycles. The summed E-state index contributed by atoms with van der Waals surface area (Å²) in [7, 11) is -1.51. The molecule has 2 aliphatic heterocycles. The van der Waals surface area contributed by atoms with E-state index in [9.17, 15) is 8.42 Å². The van der Waals surface area contributed by atoms with E-state index in [0.29, 0.717) is 51.1 Å². The average molecular weight is 356 g/mol. The maximum absolute atomic E-state index is 11.6. The molecule has 8 nitrogen and oxygen atoms in total. The highest BCUT2D eigenvalue weighted by Gasteiger charge is 2.26. The summed E-state index contributed by atoms with van der Waals surface area (Å²) in [5.41, 5.74) is 0.982. The van der Waals surface area contributed by atoms with Crippen LogP contribution < -0.4 is 4.90 Å². The predicted molar refractivity (Wildman–Crippen MR) is 89.6 cm³/mol. The van der Waals surface area contributed by atoms with Crippen LogP contribution >= 0.6 is 0 Å². The second-order valence-electron chi connectivity index (χ2n) is 6.21. The van der Waals surface area contributed by atoms with Gasteiger partial charge in [0.1, 0.15) is 12.4 Å². The lowest BCUT2D eigenvalue weighted by molar-refractivity contribution is 0.177. The van der Waals surface area contributed by atoms with Crippen LogP contribution in [0.5, 0.6) is 0 Å².